The van der Waals surface area contributed by atoms with Gasteiger partial charge >= 0.3 is 5.97 Å². The van der Waals surface area contributed by atoms with Crippen molar-refractivity contribution in [2.45, 2.75) is 32.9 Å². The number of methoxy groups -OCH3 is 1. The molecule has 0 bridgehead atoms. The fourth-order valence-corrected chi connectivity index (χ4v) is 4.89. The summed E-state index contributed by atoms with van der Waals surface area (Å²) in [5.74, 6) is -0.890. The molecule has 1 aliphatic heterocycles. The fourth-order valence-electron chi connectivity index (χ4n) is 4.46. The van der Waals surface area contributed by atoms with Crippen molar-refractivity contribution < 1.29 is 14.1 Å². The third-order valence-corrected chi connectivity index (χ3v) is 6.84. The second-order valence-electron chi connectivity index (χ2n) is 8.55. The highest BCUT2D eigenvalue weighted by molar-refractivity contribution is 6.42. The molecule has 0 N–H and O–H groups in total. The standard InChI is InChI=1S/C26H26Cl2N4O3/c1-15-21(25-30-20(31-35-25)14-32(3)13-17-9-6-5-7-10-17)23(18-11-8-12-19(27)24(18)28)22(16(2)29-15)26(33)34-4/h5-12,22-23H,13-14H2,1-4H3. The topological polar surface area (TPSA) is 80.8 Å². The van der Waals surface area contributed by atoms with E-state index in [0.717, 1.165) is 6.54 Å². The molecular formula is C26H26Cl2N4O3. The lowest BCUT2D eigenvalue weighted by Gasteiger charge is -2.31. The zero-order chi connectivity index (χ0) is 25.1. The van der Waals surface area contributed by atoms with Gasteiger partial charge in [-0.05, 0) is 38.1 Å². The highest BCUT2D eigenvalue weighted by Crippen LogP contribution is 2.47. The Morgan fingerprint density at radius 3 is 2.54 bits per heavy atom. The molecule has 0 fully saturated rings. The number of aliphatic imine (C=N–C) groups is 1. The van der Waals surface area contributed by atoms with Gasteiger partial charge in [-0.1, -0.05) is 70.8 Å². The minimum absolute atomic E-state index is 0.289. The summed E-state index contributed by atoms with van der Waals surface area (Å²) in [4.78, 5) is 24.3. The van der Waals surface area contributed by atoms with Crippen LogP contribution in [0.1, 0.15) is 42.6 Å². The monoisotopic (exact) mass is 512 g/mol. The molecule has 4 rings (SSSR count). The van der Waals surface area contributed by atoms with Crippen molar-refractivity contribution in [3.8, 4) is 0 Å². The summed E-state index contributed by atoms with van der Waals surface area (Å²) in [6.45, 7) is 4.87. The van der Waals surface area contributed by atoms with E-state index >= 15 is 0 Å². The second-order valence-corrected chi connectivity index (χ2v) is 9.33. The largest absolute Gasteiger partial charge is 0.468 e. The molecule has 1 aliphatic rings. The molecule has 9 heteroatoms. The average molecular weight is 513 g/mol. The first-order valence-corrected chi connectivity index (χ1v) is 11.9. The molecule has 0 amide bonds. The Morgan fingerprint density at radius 2 is 1.83 bits per heavy atom. The summed E-state index contributed by atoms with van der Waals surface area (Å²) in [6, 6.07) is 15.5. The summed E-state index contributed by atoms with van der Waals surface area (Å²) >= 11 is 13.0. The Kier molecular flexibility index (Phi) is 7.69. The van der Waals surface area contributed by atoms with E-state index in [9.17, 15) is 4.79 Å². The van der Waals surface area contributed by atoms with Crippen molar-refractivity contribution in [3.05, 3.63) is 87.1 Å². The number of carbonyl (C=O) groups is 1. The molecule has 35 heavy (non-hydrogen) atoms. The van der Waals surface area contributed by atoms with Gasteiger partial charge < -0.3 is 9.26 Å². The van der Waals surface area contributed by atoms with Gasteiger partial charge in [0.25, 0.3) is 5.89 Å². The zero-order valence-corrected chi connectivity index (χ0v) is 21.5. The molecule has 2 atom stereocenters. The maximum Gasteiger partial charge on any atom is 0.315 e. The number of carbonyl (C=O) groups excluding carboxylic acids is 1. The first kappa shape index (κ1) is 25.1. The van der Waals surface area contributed by atoms with Gasteiger partial charge in [0.1, 0.15) is 5.92 Å². The number of benzene rings is 2. The first-order chi connectivity index (χ1) is 16.8. The van der Waals surface area contributed by atoms with Crippen molar-refractivity contribution in [1.29, 1.82) is 0 Å². The van der Waals surface area contributed by atoms with Crippen molar-refractivity contribution >= 4 is 40.5 Å². The molecule has 0 aliphatic carbocycles. The maximum atomic E-state index is 12.9. The molecule has 3 aromatic rings. The van der Waals surface area contributed by atoms with Crippen molar-refractivity contribution in [2.24, 2.45) is 10.9 Å². The summed E-state index contributed by atoms with van der Waals surface area (Å²) in [6.07, 6.45) is 0. The lowest BCUT2D eigenvalue weighted by Crippen LogP contribution is -2.33. The normalized spacial score (nSPS) is 18.1. The van der Waals surface area contributed by atoms with E-state index in [1.807, 2.05) is 38.2 Å². The van der Waals surface area contributed by atoms with Gasteiger partial charge in [-0.25, -0.2) is 0 Å². The van der Waals surface area contributed by atoms with E-state index in [-0.39, 0.29) is 5.89 Å². The van der Waals surface area contributed by atoms with Crippen LogP contribution in [0.3, 0.4) is 0 Å². The maximum absolute atomic E-state index is 12.9. The van der Waals surface area contributed by atoms with Gasteiger partial charge in [0.05, 0.1) is 23.7 Å². The molecular weight excluding hydrogens is 487 g/mol. The van der Waals surface area contributed by atoms with Crippen LogP contribution in [0.25, 0.3) is 5.57 Å². The van der Waals surface area contributed by atoms with Gasteiger partial charge in [0, 0.05) is 29.4 Å². The molecule has 0 saturated heterocycles. The molecule has 0 spiro atoms. The highest BCUT2D eigenvalue weighted by atomic mass is 35.5. The molecule has 2 aromatic carbocycles. The number of ether oxygens (including phenoxy) is 1. The lowest BCUT2D eigenvalue weighted by atomic mass is 9.75. The smallest absolute Gasteiger partial charge is 0.315 e. The first-order valence-electron chi connectivity index (χ1n) is 11.1. The van der Waals surface area contributed by atoms with Gasteiger partial charge in [-0.2, -0.15) is 4.98 Å². The zero-order valence-electron chi connectivity index (χ0n) is 20.0. The van der Waals surface area contributed by atoms with Crippen LogP contribution in [-0.2, 0) is 22.6 Å². The van der Waals surface area contributed by atoms with E-state index in [2.05, 4.69) is 32.2 Å². The quantitative estimate of drug-likeness (QED) is 0.372. The number of nitrogens with zero attached hydrogens (tertiary/aromatic N) is 4. The number of aromatic nitrogens is 2. The molecule has 0 radical (unpaired) electrons. The van der Waals surface area contributed by atoms with Crippen LogP contribution in [0, 0.1) is 5.92 Å². The molecule has 7 nitrogen and oxygen atoms in total. The number of rotatable bonds is 7. The summed E-state index contributed by atoms with van der Waals surface area (Å²) in [5, 5.41) is 4.94. The lowest BCUT2D eigenvalue weighted by molar-refractivity contribution is -0.143. The average Bonchev–Trinajstić information content (AvgIpc) is 3.28. The predicted molar refractivity (Wildman–Crippen MR) is 136 cm³/mol. The Morgan fingerprint density at radius 1 is 1.09 bits per heavy atom. The molecule has 2 unspecified atom stereocenters. The Bertz CT molecular complexity index is 1290. The van der Waals surface area contributed by atoms with Crippen LogP contribution in [0.5, 0.6) is 0 Å². The Balaban J connectivity index is 1.71. The third kappa shape index (κ3) is 5.32. The number of hydrogen-bond acceptors (Lipinski definition) is 7. The van der Waals surface area contributed by atoms with E-state index in [1.54, 1.807) is 19.1 Å². The molecule has 2 heterocycles. The van der Waals surface area contributed by atoms with Crippen LogP contribution < -0.4 is 0 Å². The van der Waals surface area contributed by atoms with E-state index in [1.165, 1.54) is 12.7 Å². The van der Waals surface area contributed by atoms with Crippen LogP contribution in [0.15, 0.2) is 63.7 Å². The van der Waals surface area contributed by atoms with Gasteiger partial charge in [-0.3, -0.25) is 14.7 Å². The molecule has 1 aromatic heterocycles. The van der Waals surface area contributed by atoms with E-state index < -0.39 is 17.8 Å². The predicted octanol–water partition coefficient (Wildman–Crippen LogP) is 5.79. The van der Waals surface area contributed by atoms with Gasteiger partial charge in [0.2, 0.25) is 0 Å². The highest BCUT2D eigenvalue weighted by Gasteiger charge is 2.42. The van der Waals surface area contributed by atoms with Crippen molar-refractivity contribution in [1.82, 2.24) is 15.0 Å². The molecule has 0 saturated carbocycles. The number of allylic oxidation sites excluding steroid dienone is 2. The van der Waals surface area contributed by atoms with E-state index in [4.69, 9.17) is 32.5 Å². The molecule has 182 valence electrons. The number of hydrogen-bond donors (Lipinski definition) is 0. The van der Waals surface area contributed by atoms with Crippen molar-refractivity contribution in [3.63, 3.8) is 0 Å². The number of esters is 1. The minimum atomic E-state index is -0.717. The SMILES string of the molecule is COC(=O)C1C(C)=NC(C)=C(c2nc(CN(C)Cc3ccccc3)no2)C1c1cccc(Cl)c1Cl. The summed E-state index contributed by atoms with van der Waals surface area (Å²) in [7, 11) is 3.34. The minimum Gasteiger partial charge on any atom is -0.468 e. The Hall–Kier alpha value is -3.00. The van der Waals surface area contributed by atoms with Crippen LogP contribution in [-0.4, -0.2) is 40.9 Å². The number of halogens is 2. The van der Waals surface area contributed by atoms with Crippen LogP contribution in [0.2, 0.25) is 10.0 Å². The van der Waals surface area contributed by atoms with Gasteiger partial charge in [0.15, 0.2) is 5.82 Å². The van der Waals surface area contributed by atoms with Gasteiger partial charge in [-0.15, -0.1) is 0 Å². The van der Waals surface area contributed by atoms with Crippen LogP contribution >= 0.6 is 23.2 Å². The summed E-state index contributed by atoms with van der Waals surface area (Å²) in [5.41, 5.74) is 3.75. The fraction of sp³-hybridized carbons (Fsp3) is 0.308. The summed E-state index contributed by atoms with van der Waals surface area (Å²) < 4.78 is 10.8. The second kappa shape index (κ2) is 10.7. The third-order valence-electron chi connectivity index (χ3n) is 6.01. The van der Waals surface area contributed by atoms with E-state index in [0.29, 0.717) is 45.0 Å². The van der Waals surface area contributed by atoms with Crippen molar-refractivity contribution in [2.75, 3.05) is 14.2 Å². The Labute approximate surface area is 214 Å². The van der Waals surface area contributed by atoms with Crippen LogP contribution in [0.4, 0.5) is 0 Å².